The highest BCUT2D eigenvalue weighted by atomic mass is 16.5. The number of amides is 1. The Bertz CT molecular complexity index is 1330. The van der Waals surface area contributed by atoms with Crippen LogP contribution in [-0.4, -0.2) is 46.2 Å². The summed E-state index contributed by atoms with van der Waals surface area (Å²) in [6.07, 6.45) is 3.33. The first-order valence-corrected chi connectivity index (χ1v) is 13.5. The molecule has 1 aliphatic heterocycles. The fourth-order valence-corrected chi connectivity index (χ4v) is 5.72. The Kier molecular flexibility index (Phi) is 7.49. The number of aromatic nitrogens is 2. The van der Waals surface area contributed by atoms with Crippen LogP contribution in [0, 0.1) is 12.8 Å². The second-order valence-corrected chi connectivity index (χ2v) is 10.4. The summed E-state index contributed by atoms with van der Waals surface area (Å²) >= 11 is 0. The van der Waals surface area contributed by atoms with Gasteiger partial charge in [-0.15, -0.1) is 0 Å². The van der Waals surface area contributed by atoms with Crippen LogP contribution in [0.5, 0.6) is 5.75 Å². The Morgan fingerprint density at radius 3 is 2.79 bits per heavy atom. The van der Waals surface area contributed by atoms with Crippen LogP contribution in [0.4, 0.5) is 0 Å². The number of likely N-dealkylation sites (tertiary alicyclic amines) is 1. The van der Waals surface area contributed by atoms with Crippen LogP contribution in [0.25, 0.3) is 22.8 Å². The van der Waals surface area contributed by atoms with Crippen molar-refractivity contribution in [3.63, 3.8) is 0 Å². The van der Waals surface area contributed by atoms with Gasteiger partial charge < -0.3 is 18.9 Å². The molecule has 3 aromatic rings. The molecular weight excluding hydrogens is 482 g/mol. The predicted octanol–water partition coefficient (Wildman–Crippen LogP) is 5.68. The van der Waals surface area contributed by atoms with E-state index in [-0.39, 0.29) is 29.9 Å². The minimum absolute atomic E-state index is 0.0579. The van der Waals surface area contributed by atoms with Gasteiger partial charge in [-0.3, -0.25) is 9.59 Å². The van der Waals surface area contributed by atoms with Gasteiger partial charge in [-0.2, -0.15) is 4.98 Å². The molecular formula is C30H35N3O5. The topological polar surface area (TPSA) is 94.8 Å². The number of ether oxygens (including phenoxy) is 2. The van der Waals surface area contributed by atoms with Gasteiger partial charge in [0, 0.05) is 30.5 Å². The monoisotopic (exact) mass is 517 g/mol. The molecule has 0 saturated carbocycles. The Hall–Kier alpha value is -3.68. The van der Waals surface area contributed by atoms with Crippen molar-refractivity contribution >= 4 is 11.9 Å². The van der Waals surface area contributed by atoms with Gasteiger partial charge in [0.2, 0.25) is 11.7 Å². The molecule has 200 valence electrons. The van der Waals surface area contributed by atoms with E-state index in [9.17, 15) is 9.59 Å². The number of hydrogen-bond acceptors (Lipinski definition) is 7. The van der Waals surface area contributed by atoms with E-state index in [1.54, 1.807) is 0 Å². The molecule has 2 unspecified atom stereocenters. The van der Waals surface area contributed by atoms with Gasteiger partial charge in [0.15, 0.2) is 0 Å². The average Bonchev–Trinajstić information content (AvgIpc) is 3.57. The number of aryl methyl sites for hydroxylation is 1. The Morgan fingerprint density at radius 2 is 2.03 bits per heavy atom. The zero-order chi connectivity index (χ0) is 26.8. The number of esters is 1. The Labute approximate surface area is 223 Å². The molecule has 0 N–H and O–H groups in total. The summed E-state index contributed by atoms with van der Waals surface area (Å²) in [5.74, 6) is 2.12. The molecule has 1 saturated heterocycles. The van der Waals surface area contributed by atoms with Crippen molar-refractivity contribution in [2.75, 3.05) is 13.2 Å². The summed E-state index contributed by atoms with van der Waals surface area (Å²) in [4.78, 5) is 31.2. The van der Waals surface area contributed by atoms with E-state index in [0.29, 0.717) is 44.1 Å². The van der Waals surface area contributed by atoms with Crippen LogP contribution >= 0.6 is 0 Å². The summed E-state index contributed by atoms with van der Waals surface area (Å²) in [7, 11) is 0. The Balaban J connectivity index is 1.33. The molecule has 8 heteroatoms. The van der Waals surface area contributed by atoms with Crippen LogP contribution in [0.3, 0.4) is 0 Å². The number of hydrogen-bond donors (Lipinski definition) is 0. The minimum Gasteiger partial charge on any atom is -0.491 e. The highest BCUT2D eigenvalue weighted by molar-refractivity contribution is 5.81. The van der Waals surface area contributed by atoms with E-state index >= 15 is 0 Å². The number of carbonyl (C=O) groups excluding carboxylic acids is 2. The first-order valence-electron chi connectivity index (χ1n) is 13.5. The van der Waals surface area contributed by atoms with E-state index in [0.717, 1.165) is 35.3 Å². The molecule has 2 heterocycles. The molecule has 1 aromatic heterocycles. The quantitative estimate of drug-likeness (QED) is 0.252. The highest BCUT2D eigenvalue weighted by Crippen LogP contribution is 2.49. The number of unbranched alkanes of at least 4 members (excludes halogenated alkanes) is 1. The normalized spacial score (nSPS) is 18.1. The third-order valence-corrected chi connectivity index (χ3v) is 7.32. The second kappa shape index (κ2) is 11.0. The van der Waals surface area contributed by atoms with E-state index in [1.165, 1.54) is 11.1 Å². The standard InChI is InChI=1S/C30H35N3O5/c1-5-36-27(35)11-6-7-14-33-26(34)17-21-16-24-22(28(21)33)9-8-10-23(24)29-31-30(38-32-29)20-12-13-25(19(4)15-20)37-18(2)3/h8-10,12-13,15,18,21,28H,5-7,11,14,16-17H2,1-4H3. The van der Waals surface area contributed by atoms with E-state index < -0.39 is 0 Å². The summed E-state index contributed by atoms with van der Waals surface area (Å²) in [6.45, 7) is 8.87. The van der Waals surface area contributed by atoms with E-state index in [1.807, 2.05) is 62.9 Å². The lowest BCUT2D eigenvalue weighted by Crippen LogP contribution is -2.29. The molecule has 1 aliphatic carbocycles. The third kappa shape index (κ3) is 5.17. The lowest BCUT2D eigenvalue weighted by Gasteiger charge is -2.25. The first kappa shape index (κ1) is 25.9. The fourth-order valence-electron chi connectivity index (χ4n) is 5.72. The first-order chi connectivity index (χ1) is 18.4. The van der Waals surface area contributed by atoms with E-state index in [2.05, 4.69) is 11.2 Å². The maximum atomic E-state index is 12.8. The summed E-state index contributed by atoms with van der Waals surface area (Å²) in [5, 5.41) is 4.32. The highest BCUT2D eigenvalue weighted by Gasteiger charge is 2.46. The van der Waals surface area contributed by atoms with Crippen LogP contribution < -0.4 is 4.74 Å². The van der Waals surface area contributed by atoms with Crippen molar-refractivity contribution in [3.05, 3.63) is 53.1 Å². The smallest absolute Gasteiger partial charge is 0.305 e. The molecule has 1 fully saturated rings. The zero-order valence-corrected chi connectivity index (χ0v) is 22.5. The number of benzene rings is 2. The van der Waals surface area contributed by atoms with Gasteiger partial charge in [0.05, 0.1) is 18.8 Å². The summed E-state index contributed by atoms with van der Waals surface area (Å²) in [6, 6.07) is 12.1. The number of fused-ring (bicyclic) bond motifs is 3. The number of rotatable bonds is 10. The minimum atomic E-state index is -0.177. The maximum Gasteiger partial charge on any atom is 0.305 e. The molecule has 8 nitrogen and oxygen atoms in total. The van der Waals surface area contributed by atoms with Crippen molar-refractivity contribution in [2.45, 2.75) is 71.9 Å². The van der Waals surface area contributed by atoms with Crippen molar-refractivity contribution in [2.24, 2.45) is 5.92 Å². The molecule has 2 aromatic carbocycles. The van der Waals surface area contributed by atoms with Crippen LogP contribution in [-0.2, 0) is 20.7 Å². The molecule has 2 atom stereocenters. The molecule has 0 bridgehead atoms. The summed E-state index contributed by atoms with van der Waals surface area (Å²) in [5.41, 5.74) is 5.17. The van der Waals surface area contributed by atoms with Gasteiger partial charge in [-0.05, 0) is 87.8 Å². The van der Waals surface area contributed by atoms with Gasteiger partial charge in [-0.1, -0.05) is 23.4 Å². The van der Waals surface area contributed by atoms with Gasteiger partial charge >= 0.3 is 5.97 Å². The second-order valence-electron chi connectivity index (χ2n) is 10.4. The van der Waals surface area contributed by atoms with Gasteiger partial charge in [0.1, 0.15) is 5.75 Å². The van der Waals surface area contributed by atoms with Gasteiger partial charge in [0.25, 0.3) is 5.89 Å². The maximum absolute atomic E-state index is 12.8. The van der Waals surface area contributed by atoms with Crippen molar-refractivity contribution in [1.82, 2.24) is 15.0 Å². The molecule has 2 aliphatic rings. The molecule has 1 amide bonds. The zero-order valence-electron chi connectivity index (χ0n) is 22.5. The van der Waals surface area contributed by atoms with Gasteiger partial charge in [-0.25, -0.2) is 0 Å². The molecule has 0 spiro atoms. The molecule has 5 rings (SSSR count). The van der Waals surface area contributed by atoms with Crippen LogP contribution in [0.1, 0.15) is 69.2 Å². The lowest BCUT2D eigenvalue weighted by molar-refractivity contribution is -0.143. The van der Waals surface area contributed by atoms with Crippen molar-refractivity contribution < 1.29 is 23.6 Å². The lowest BCUT2D eigenvalue weighted by atomic mass is 10.0. The average molecular weight is 518 g/mol. The number of nitrogens with zero attached hydrogens (tertiary/aromatic N) is 3. The molecule has 0 radical (unpaired) electrons. The Morgan fingerprint density at radius 1 is 1.18 bits per heavy atom. The number of carbonyl (C=O) groups is 2. The van der Waals surface area contributed by atoms with E-state index in [4.69, 9.17) is 19.0 Å². The fraction of sp³-hybridized carbons (Fsp3) is 0.467. The predicted molar refractivity (Wildman–Crippen MR) is 142 cm³/mol. The van der Waals surface area contributed by atoms with Crippen molar-refractivity contribution in [1.29, 1.82) is 0 Å². The van der Waals surface area contributed by atoms with Crippen LogP contribution in [0.2, 0.25) is 0 Å². The third-order valence-electron chi connectivity index (χ3n) is 7.32. The SMILES string of the molecule is CCOC(=O)CCCCN1C(=O)CC2Cc3c(-c4noc(-c5ccc(OC(C)C)c(C)c5)n4)cccc3C21. The van der Waals surface area contributed by atoms with Crippen LogP contribution in [0.15, 0.2) is 40.9 Å². The largest absolute Gasteiger partial charge is 0.491 e. The van der Waals surface area contributed by atoms with Crippen molar-refractivity contribution in [3.8, 4) is 28.6 Å². The molecule has 38 heavy (non-hydrogen) atoms. The summed E-state index contributed by atoms with van der Waals surface area (Å²) < 4.78 is 16.5.